The van der Waals surface area contributed by atoms with Crippen molar-refractivity contribution in [2.24, 2.45) is 5.41 Å². The molecule has 3 aliphatic heterocycles. The summed E-state index contributed by atoms with van der Waals surface area (Å²) in [4.78, 5) is 49.1. The summed E-state index contributed by atoms with van der Waals surface area (Å²) in [5.74, 6) is -0.537. The Hall–Kier alpha value is -4.94. The number of hydrogen-bond donors (Lipinski definition) is 1. The number of likely N-dealkylation sites (tertiary alicyclic amines) is 1. The highest BCUT2D eigenvalue weighted by Gasteiger charge is 2.50. The van der Waals surface area contributed by atoms with Crippen molar-refractivity contribution in [1.82, 2.24) is 34.0 Å². The first kappa shape index (κ1) is 33.2. The average molecular weight is 750 g/mol. The maximum Gasteiger partial charge on any atom is 0.333 e. The highest BCUT2D eigenvalue weighted by molar-refractivity contribution is 9.10. The largest absolute Gasteiger partial charge is 0.370 e. The number of rotatable bonds is 7. The normalized spacial score (nSPS) is 17.9. The van der Waals surface area contributed by atoms with Gasteiger partial charge >= 0.3 is 5.69 Å². The number of para-hydroxylation sites is 1. The number of carbonyl (C=O) groups excluding carboxylic acids is 2. The number of halogens is 1. The van der Waals surface area contributed by atoms with Crippen molar-refractivity contribution in [3.63, 3.8) is 0 Å². The third kappa shape index (κ3) is 5.89. The first-order valence-electron chi connectivity index (χ1n) is 17.3. The van der Waals surface area contributed by atoms with Gasteiger partial charge in [-0.05, 0) is 93.5 Å². The van der Waals surface area contributed by atoms with Crippen LogP contribution in [-0.2, 0) is 19.6 Å². The quantitative estimate of drug-likeness (QED) is 0.254. The van der Waals surface area contributed by atoms with E-state index in [0.29, 0.717) is 22.4 Å². The minimum Gasteiger partial charge on any atom is -0.370 e. The molecule has 0 radical (unpaired) electrons. The van der Waals surface area contributed by atoms with E-state index in [9.17, 15) is 14.4 Å². The molecule has 1 unspecified atom stereocenters. The molecule has 11 nitrogen and oxygen atoms in total. The van der Waals surface area contributed by atoms with Gasteiger partial charge in [0.05, 0.1) is 29.3 Å². The van der Waals surface area contributed by atoms with E-state index >= 15 is 0 Å². The number of nitrogens with one attached hydrogen (secondary N) is 1. The molecular weight excluding hydrogens is 708 g/mol. The van der Waals surface area contributed by atoms with Gasteiger partial charge in [-0.15, -0.1) is 0 Å². The second kappa shape index (κ2) is 12.7. The molecule has 3 aromatic carbocycles. The van der Waals surface area contributed by atoms with Crippen molar-refractivity contribution in [3.05, 3.63) is 128 Å². The molecule has 12 heteroatoms. The summed E-state index contributed by atoms with van der Waals surface area (Å²) in [5.41, 5.74) is 6.68. The van der Waals surface area contributed by atoms with Crippen molar-refractivity contribution in [2.45, 2.75) is 46.4 Å². The van der Waals surface area contributed by atoms with Crippen LogP contribution in [-0.4, -0.2) is 79.8 Å². The topological polar surface area (TPSA) is 101 Å². The Labute approximate surface area is 305 Å². The zero-order valence-electron chi connectivity index (χ0n) is 29.3. The minimum atomic E-state index is -0.392. The maximum atomic E-state index is 14.4. The summed E-state index contributed by atoms with van der Waals surface area (Å²) in [6.45, 7) is 10.7. The lowest BCUT2D eigenvalue weighted by atomic mass is 9.73. The summed E-state index contributed by atoms with van der Waals surface area (Å²) in [5, 5.41) is 7.67. The van der Waals surface area contributed by atoms with Crippen molar-refractivity contribution in [3.8, 4) is 11.4 Å². The van der Waals surface area contributed by atoms with Crippen LogP contribution in [0.4, 0.5) is 5.69 Å². The van der Waals surface area contributed by atoms with Crippen LogP contribution in [0, 0.1) is 19.3 Å². The minimum absolute atomic E-state index is 0.117. The molecule has 1 spiro atoms. The molecule has 5 heterocycles. The first-order chi connectivity index (χ1) is 24.5. The Morgan fingerprint density at radius 1 is 0.961 bits per heavy atom. The Bertz CT molecular complexity index is 2220. The van der Waals surface area contributed by atoms with Crippen LogP contribution < -0.4 is 15.9 Å². The van der Waals surface area contributed by atoms with E-state index in [1.165, 1.54) is 4.57 Å². The summed E-state index contributed by atoms with van der Waals surface area (Å²) in [7, 11) is 2.16. The predicted molar refractivity (Wildman–Crippen MR) is 200 cm³/mol. The highest BCUT2D eigenvalue weighted by Crippen LogP contribution is 2.41. The maximum absolute atomic E-state index is 14.4. The van der Waals surface area contributed by atoms with E-state index in [0.717, 1.165) is 58.8 Å². The number of carbonyl (C=O) groups is 2. The lowest BCUT2D eigenvalue weighted by molar-refractivity contribution is -0.00238. The lowest BCUT2D eigenvalue weighted by Crippen LogP contribution is -2.71. The monoisotopic (exact) mass is 748 g/mol. The van der Waals surface area contributed by atoms with E-state index in [4.69, 9.17) is 0 Å². The molecule has 51 heavy (non-hydrogen) atoms. The molecule has 262 valence electrons. The smallest absolute Gasteiger partial charge is 0.333 e. The molecule has 8 rings (SSSR count). The Balaban J connectivity index is 1.14. The molecule has 3 aliphatic rings. The van der Waals surface area contributed by atoms with Gasteiger partial charge in [-0.2, -0.15) is 5.10 Å². The summed E-state index contributed by atoms with van der Waals surface area (Å²) in [6, 6.07) is 22.9. The third-order valence-electron chi connectivity index (χ3n) is 10.6. The third-order valence-corrected chi connectivity index (χ3v) is 11.5. The van der Waals surface area contributed by atoms with Gasteiger partial charge in [0, 0.05) is 72.6 Å². The lowest BCUT2D eigenvalue weighted by Gasteiger charge is -2.60. The van der Waals surface area contributed by atoms with Crippen LogP contribution in [0.1, 0.15) is 50.3 Å². The molecule has 0 bridgehead atoms. The van der Waals surface area contributed by atoms with E-state index in [-0.39, 0.29) is 43.0 Å². The Morgan fingerprint density at radius 2 is 1.69 bits per heavy atom. The number of fused-ring (bicyclic) bond motifs is 1. The Kier molecular flexibility index (Phi) is 8.26. The van der Waals surface area contributed by atoms with Crippen LogP contribution in [0.15, 0.2) is 88.3 Å². The van der Waals surface area contributed by atoms with Gasteiger partial charge in [-0.3, -0.25) is 18.7 Å². The van der Waals surface area contributed by atoms with Crippen molar-refractivity contribution in [2.75, 3.05) is 38.1 Å². The molecule has 0 aliphatic carbocycles. The number of benzene rings is 3. The molecule has 2 aromatic heterocycles. The molecule has 1 N–H and O–H groups in total. The number of aryl methyl sites for hydroxylation is 2. The molecule has 0 saturated carbocycles. The molecule has 5 aromatic rings. The number of nitrogens with zero attached hydrogens (tertiary/aromatic N) is 7. The van der Waals surface area contributed by atoms with Crippen molar-refractivity contribution >= 4 is 33.4 Å². The zero-order valence-corrected chi connectivity index (χ0v) is 30.9. The fraction of sp³-hybridized carbons (Fsp3) is 0.333. The zero-order chi connectivity index (χ0) is 35.6. The average Bonchev–Trinajstić information content (AvgIpc) is 3.65. The van der Waals surface area contributed by atoms with E-state index in [1.54, 1.807) is 20.2 Å². The van der Waals surface area contributed by atoms with Gasteiger partial charge in [0.25, 0.3) is 11.8 Å². The second-order valence-corrected chi connectivity index (χ2v) is 15.4. The number of amides is 2. The first-order valence-corrected chi connectivity index (χ1v) is 18.1. The highest BCUT2D eigenvalue weighted by atomic mass is 79.9. The van der Waals surface area contributed by atoms with E-state index in [1.807, 2.05) is 93.7 Å². The number of hydrogen-bond acceptors (Lipinski definition) is 6. The molecular formula is C39H41BrN8O3. The van der Waals surface area contributed by atoms with Crippen LogP contribution >= 0.6 is 15.9 Å². The van der Waals surface area contributed by atoms with Crippen molar-refractivity contribution < 1.29 is 9.59 Å². The molecule has 2 amide bonds. The standard InChI is InChI=1S/C39H41BrN8O3/c1-25-17-28(9-14-32(25)40)37(50)45-20-34-35(36(49)41-18-29-7-5-6-8-33(29)47-16-15-26(2)42-47)48(38(51)46(34)19-27(45)3)31-12-10-30(11-13-31)44-23-39(24-44)21-43(4)22-39/h5-17,27H,18-24H2,1-4H3,(H,41,49). The van der Waals surface area contributed by atoms with Crippen LogP contribution in [0.5, 0.6) is 0 Å². The van der Waals surface area contributed by atoms with Crippen LogP contribution in [0.2, 0.25) is 0 Å². The number of imidazole rings is 1. The van der Waals surface area contributed by atoms with Gasteiger partial charge in [-0.1, -0.05) is 34.1 Å². The SMILES string of the molecule is Cc1ccn(-c2ccccc2CNC(=O)c2c3n(c(=O)n2-c2ccc(N4CC5(CN(C)C5)C4)cc2)CC(C)N(C(=O)c2ccc(Br)c(C)c2)C3)n1. The number of aromatic nitrogens is 4. The Morgan fingerprint density at radius 3 is 2.37 bits per heavy atom. The number of anilines is 1. The second-order valence-electron chi connectivity index (χ2n) is 14.5. The van der Waals surface area contributed by atoms with E-state index < -0.39 is 5.91 Å². The summed E-state index contributed by atoms with van der Waals surface area (Å²) in [6.07, 6.45) is 1.89. The molecule has 1 atom stereocenters. The van der Waals surface area contributed by atoms with Gasteiger partial charge in [0.15, 0.2) is 0 Å². The van der Waals surface area contributed by atoms with Gasteiger partial charge in [0.1, 0.15) is 5.69 Å². The summed E-state index contributed by atoms with van der Waals surface area (Å²) >= 11 is 3.53. The molecule has 2 fully saturated rings. The van der Waals surface area contributed by atoms with Crippen molar-refractivity contribution in [1.29, 1.82) is 0 Å². The van der Waals surface area contributed by atoms with Gasteiger partial charge < -0.3 is 20.0 Å². The van der Waals surface area contributed by atoms with Crippen LogP contribution in [0.3, 0.4) is 0 Å². The predicted octanol–water partition coefficient (Wildman–Crippen LogP) is 4.93. The fourth-order valence-electron chi connectivity index (χ4n) is 8.05. The van der Waals surface area contributed by atoms with Gasteiger partial charge in [-0.25, -0.2) is 9.48 Å². The fourth-order valence-corrected chi connectivity index (χ4v) is 8.30. The molecule has 2 saturated heterocycles. The summed E-state index contributed by atoms with van der Waals surface area (Å²) < 4.78 is 5.90. The van der Waals surface area contributed by atoms with E-state index in [2.05, 4.69) is 43.2 Å². The van der Waals surface area contributed by atoms with Crippen LogP contribution in [0.25, 0.3) is 11.4 Å². The van der Waals surface area contributed by atoms with Gasteiger partial charge in [0.2, 0.25) is 0 Å².